The fourth-order valence-electron chi connectivity index (χ4n) is 2.34. The van der Waals surface area contributed by atoms with Crippen molar-refractivity contribution < 1.29 is 18.7 Å². The minimum atomic E-state index is -0.542. The molecule has 2 aromatic carbocycles. The van der Waals surface area contributed by atoms with E-state index in [1.165, 1.54) is 18.2 Å². The summed E-state index contributed by atoms with van der Waals surface area (Å²) in [4.78, 5) is 24.1. The molecule has 0 bridgehead atoms. The fraction of sp³-hybridized carbons (Fsp3) is 0.200. The minimum absolute atomic E-state index is 0.0561. The van der Waals surface area contributed by atoms with Gasteiger partial charge in [0.25, 0.3) is 11.8 Å². The predicted molar refractivity (Wildman–Crippen MR) is 108 cm³/mol. The van der Waals surface area contributed by atoms with Gasteiger partial charge in [0.2, 0.25) is 5.01 Å². The maximum atomic E-state index is 13.6. The van der Waals surface area contributed by atoms with E-state index in [1.807, 2.05) is 13.8 Å². The van der Waals surface area contributed by atoms with E-state index in [2.05, 4.69) is 20.8 Å². The van der Waals surface area contributed by atoms with E-state index in [1.54, 1.807) is 30.3 Å². The normalized spacial score (nSPS) is 10.6. The van der Waals surface area contributed by atoms with Crippen LogP contribution in [-0.4, -0.2) is 28.1 Å². The number of amides is 2. The molecule has 0 aliphatic rings. The van der Waals surface area contributed by atoms with E-state index < -0.39 is 11.7 Å². The summed E-state index contributed by atoms with van der Waals surface area (Å²) in [6.07, 6.45) is 0. The summed E-state index contributed by atoms with van der Waals surface area (Å²) < 4.78 is 19.3. The molecule has 0 unspecified atom stereocenters. The van der Waals surface area contributed by atoms with Crippen molar-refractivity contribution in [3.05, 3.63) is 69.9 Å². The van der Waals surface area contributed by atoms with E-state index in [0.29, 0.717) is 16.3 Å². The Balaban J connectivity index is 1.56. The molecular formula is C20H19FN4O3S. The summed E-state index contributed by atoms with van der Waals surface area (Å²) in [5.74, 6) is -0.668. The van der Waals surface area contributed by atoms with Crippen LogP contribution < -0.4 is 15.4 Å². The highest BCUT2D eigenvalue weighted by Gasteiger charge is 2.15. The second-order valence-electron chi connectivity index (χ2n) is 6.38. The molecule has 2 amide bonds. The first-order valence-corrected chi connectivity index (χ1v) is 9.66. The first-order chi connectivity index (χ1) is 13.9. The third-order valence-corrected chi connectivity index (χ3v) is 4.58. The van der Waals surface area contributed by atoms with Crippen molar-refractivity contribution in [2.75, 3.05) is 5.32 Å². The lowest BCUT2D eigenvalue weighted by molar-refractivity contribution is 0.0942. The number of nitrogens with one attached hydrogen (secondary N) is 2. The number of para-hydroxylation sites is 1. The summed E-state index contributed by atoms with van der Waals surface area (Å²) >= 11 is 1.05. The SMILES string of the molecule is CC(C)NC(=O)c1ccc(OCc2nnc(C(=O)Nc3ccccc3F)s2)cc1. The number of nitrogens with zero attached hydrogens (tertiary/aromatic N) is 2. The number of rotatable bonds is 7. The Bertz CT molecular complexity index is 1000. The Morgan fingerprint density at radius 2 is 1.79 bits per heavy atom. The average Bonchev–Trinajstić information content (AvgIpc) is 3.17. The first-order valence-electron chi connectivity index (χ1n) is 8.84. The Hall–Kier alpha value is -3.33. The fourth-order valence-corrected chi connectivity index (χ4v) is 2.98. The zero-order valence-corrected chi connectivity index (χ0v) is 16.6. The molecule has 0 fully saturated rings. The third-order valence-electron chi connectivity index (χ3n) is 3.68. The van der Waals surface area contributed by atoms with Crippen LogP contribution in [0.1, 0.15) is 39.0 Å². The number of halogens is 1. The van der Waals surface area contributed by atoms with E-state index in [9.17, 15) is 14.0 Å². The molecule has 1 heterocycles. The average molecular weight is 414 g/mol. The van der Waals surface area contributed by atoms with Gasteiger partial charge in [-0.25, -0.2) is 4.39 Å². The lowest BCUT2D eigenvalue weighted by atomic mass is 10.2. The van der Waals surface area contributed by atoms with Gasteiger partial charge in [0.1, 0.15) is 18.2 Å². The van der Waals surface area contributed by atoms with E-state index in [4.69, 9.17) is 4.74 Å². The number of ether oxygens (including phenoxy) is 1. The zero-order chi connectivity index (χ0) is 20.8. The number of hydrogen-bond donors (Lipinski definition) is 2. The lowest BCUT2D eigenvalue weighted by Gasteiger charge is -2.09. The molecule has 9 heteroatoms. The second-order valence-corrected chi connectivity index (χ2v) is 7.44. The van der Waals surface area contributed by atoms with Crippen molar-refractivity contribution in [1.82, 2.24) is 15.5 Å². The molecule has 0 aliphatic carbocycles. The highest BCUT2D eigenvalue weighted by Crippen LogP contribution is 2.18. The number of anilines is 1. The predicted octanol–water partition coefficient (Wildman–Crippen LogP) is 3.65. The second kappa shape index (κ2) is 9.24. The standard InChI is InChI=1S/C20H19FN4O3S/c1-12(2)22-18(26)13-7-9-14(10-8-13)28-11-17-24-25-20(29-17)19(27)23-16-6-4-3-5-15(16)21/h3-10,12H,11H2,1-2H3,(H,22,26)(H,23,27). The van der Waals surface area contributed by atoms with Crippen molar-refractivity contribution in [1.29, 1.82) is 0 Å². The summed E-state index contributed by atoms with van der Waals surface area (Å²) in [7, 11) is 0. The van der Waals surface area contributed by atoms with Gasteiger partial charge in [0, 0.05) is 11.6 Å². The quantitative estimate of drug-likeness (QED) is 0.616. The summed E-state index contributed by atoms with van der Waals surface area (Å²) in [5.41, 5.74) is 0.612. The molecule has 0 aliphatic heterocycles. The van der Waals surface area contributed by atoms with E-state index in [0.717, 1.165) is 11.3 Å². The van der Waals surface area contributed by atoms with Gasteiger partial charge >= 0.3 is 0 Å². The monoisotopic (exact) mass is 414 g/mol. The van der Waals surface area contributed by atoms with Crippen LogP contribution in [0, 0.1) is 5.82 Å². The first kappa shape index (κ1) is 20.4. The van der Waals surface area contributed by atoms with Crippen LogP contribution in [-0.2, 0) is 6.61 Å². The molecular weight excluding hydrogens is 395 g/mol. The van der Waals surface area contributed by atoms with Crippen LogP contribution >= 0.6 is 11.3 Å². The lowest BCUT2D eigenvalue weighted by Crippen LogP contribution is -2.29. The van der Waals surface area contributed by atoms with Gasteiger partial charge in [-0.3, -0.25) is 9.59 Å². The van der Waals surface area contributed by atoms with Gasteiger partial charge in [-0.15, -0.1) is 10.2 Å². The molecule has 0 radical (unpaired) electrons. The Labute approximate surface area is 170 Å². The highest BCUT2D eigenvalue weighted by molar-refractivity contribution is 7.13. The number of hydrogen-bond acceptors (Lipinski definition) is 6. The molecule has 0 spiro atoms. The smallest absolute Gasteiger partial charge is 0.286 e. The molecule has 0 saturated carbocycles. The van der Waals surface area contributed by atoms with Gasteiger partial charge < -0.3 is 15.4 Å². The van der Waals surface area contributed by atoms with Crippen molar-refractivity contribution >= 4 is 28.8 Å². The number of aromatic nitrogens is 2. The van der Waals surface area contributed by atoms with Crippen molar-refractivity contribution in [3.8, 4) is 5.75 Å². The van der Waals surface area contributed by atoms with Gasteiger partial charge in [0.15, 0.2) is 5.01 Å². The van der Waals surface area contributed by atoms with E-state index in [-0.39, 0.29) is 29.3 Å². The molecule has 3 rings (SSSR count). The summed E-state index contributed by atoms with van der Waals surface area (Å²) in [6, 6.07) is 12.6. The Morgan fingerprint density at radius 3 is 2.48 bits per heavy atom. The summed E-state index contributed by atoms with van der Waals surface area (Å²) in [5, 5.41) is 13.6. The van der Waals surface area contributed by atoms with Crippen LogP contribution in [0.4, 0.5) is 10.1 Å². The molecule has 0 atom stereocenters. The zero-order valence-electron chi connectivity index (χ0n) is 15.8. The van der Waals surface area contributed by atoms with Gasteiger partial charge in [-0.2, -0.15) is 0 Å². The van der Waals surface area contributed by atoms with Crippen molar-refractivity contribution in [2.45, 2.75) is 26.5 Å². The molecule has 150 valence electrons. The largest absolute Gasteiger partial charge is 0.486 e. The van der Waals surface area contributed by atoms with Gasteiger partial charge in [-0.05, 0) is 50.2 Å². The molecule has 0 saturated heterocycles. The maximum Gasteiger partial charge on any atom is 0.286 e. The highest BCUT2D eigenvalue weighted by atomic mass is 32.1. The van der Waals surface area contributed by atoms with Gasteiger partial charge in [0.05, 0.1) is 5.69 Å². The minimum Gasteiger partial charge on any atom is -0.486 e. The maximum absolute atomic E-state index is 13.6. The van der Waals surface area contributed by atoms with Crippen LogP contribution in [0.15, 0.2) is 48.5 Å². The molecule has 1 aromatic heterocycles. The van der Waals surface area contributed by atoms with Crippen LogP contribution in [0.3, 0.4) is 0 Å². The Kier molecular flexibility index (Phi) is 6.50. The number of benzene rings is 2. The van der Waals surface area contributed by atoms with Crippen molar-refractivity contribution in [3.63, 3.8) is 0 Å². The third kappa shape index (κ3) is 5.58. The number of carbonyl (C=O) groups excluding carboxylic acids is 2. The topological polar surface area (TPSA) is 93.2 Å². The van der Waals surface area contributed by atoms with Crippen LogP contribution in [0.5, 0.6) is 5.75 Å². The number of carbonyl (C=O) groups is 2. The molecule has 7 nitrogen and oxygen atoms in total. The molecule has 29 heavy (non-hydrogen) atoms. The summed E-state index contributed by atoms with van der Waals surface area (Å²) in [6.45, 7) is 3.90. The van der Waals surface area contributed by atoms with E-state index >= 15 is 0 Å². The Morgan fingerprint density at radius 1 is 1.07 bits per heavy atom. The molecule has 3 aromatic rings. The van der Waals surface area contributed by atoms with Crippen molar-refractivity contribution in [2.24, 2.45) is 0 Å². The van der Waals surface area contributed by atoms with Crippen LogP contribution in [0.25, 0.3) is 0 Å². The van der Waals surface area contributed by atoms with Crippen LogP contribution in [0.2, 0.25) is 0 Å². The molecule has 2 N–H and O–H groups in total. The van der Waals surface area contributed by atoms with Gasteiger partial charge in [-0.1, -0.05) is 23.5 Å².